The Balaban J connectivity index is 1.79. The van der Waals surface area contributed by atoms with Gasteiger partial charge in [0.1, 0.15) is 0 Å². The number of thiocarbonyl (C=S) groups is 1. The lowest BCUT2D eigenvalue weighted by molar-refractivity contribution is 0.125. The maximum Gasteiger partial charge on any atom is 0.200 e. The van der Waals surface area contributed by atoms with Crippen LogP contribution in [0.15, 0.2) is 53.5 Å². The van der Waals surface area contributed by atoms with Crippen LogP contribution in [0.25, 0.3) is 0 Å². The van der Waals surface area contributed by atoms with Crippen molar-refractivity contribution in [3.05, 3.63) is 65.2 Å². The van der Waals surface area contributed by atoms with Gasteiger partial charge in [-0.2, -0.15) is 4.99 Å². The van der Waals surface area contributed by atoms with Gasteiger partial charge in [-0.15, -0.1) is 0 Å². The number of guanidine groups is 1. The molecule has 0 saturated carbocycles. The molecule has 0 bridgehead atoms. The fourth-order valence-corrected chi connectivity index (χ4v) is 2.90. The molecule has 0 amide bonds. The molecule has 4 N–H and O–H groups in total. The summed E-state index contributed by atoms with van der Waals surface area (Å²) in [6.45, 7) is 5.93. The van der Waals surface area contributed by atoms with Crippen molar-refractivity contribution in [2.75, 3.05) is 18.5 Å². The standard InChI is InChI=1S/C21H28N4OS/c1-3-17-11-8-12-18(4-2)19(17)24-20(22)25-21(27)23-13-14-26-15-16-9-6-5-7-10-16/h5-12H,3-4,13-15H2,1-2H3,(H4,22,23,24,25,27). The van der Waals surface area contributed by atoms with Crippen LogP contribution < -0.4 is 16.4 Å². The zero-order valence-corrected chi connectivity index (χ0v) is 16.8. The molecular weight excluding hydrogens is 356 g/mol. The third-order valence-corrected chi connectivity index (χ3v) is 4.34. The van der Waals surface area contributed by atoms with Crippen molar-refractivity contribution in [1.29, 1.82) is 0 Å². The molecule has 6 heteroatoms. The Labute approximate surface area is 167 Å². The topological polar surface area (TPSA) is 71.7 Å². The third-order valence-electron chi connectivity index (χ3n) is 4.11. The maximum atomic E-state index is 6.04. The lowest BCUT2D eigenvalue weighted by Crippen LogP contribution is -2.30. The van der Waals surface area contributed by atoms with Crippen LogP contribution in [0.1, 0.15) is 30.5 Å². The van der Waals surface area contributed by atoms with Gasteiger partial charge in [-0.3, -0.25) is 0 Å². The number of ether oxygens (including phenoxy) is 1. The average Bonchev–Trinajstić information content (AvgIpc) is 2.68. The molecule has 27 heavy (non-hydrogen) atoms. The van der Waals surface area contributed by atoms with E-state index in [0.29, 0.717) is 24.9 Å². The fraction of sp³-hybridized carbons (Fsp3) is 0.333. The molecule has 0 atom stereocenters. The van der Waals surface area contributed by atoms with E-state index in [-0.39, 0.29) is 5.96 Å². The highest BCUT2D eigenvalue weighted by Gasteiger charge is 2.07. The second-order valence-electron chi connectivity index (χ2n) is 6.05. The summed E-state index contributed by atoms with van der Waals surface area (Å²) in [5, 5.41) is 6.59. The van der Waals surface area contributed by atoms with Crippen LogP contribution in [-0.2, 0) is 24.2 Å². The number of rotatable bonds is 8. The van der Waals surface area contributed by atoms with Crippen LogP contribution in [-0.4, -0.2) is 24.2 Å². The van der Waals surface area contributed by atoms with Crippen LogP contribution in [0, 0.1) is 0 Å². The molecule has 0 heterocycles. The minimum Gasteiger partial charge on any atom is -0.375 e. The minimum absolute atomic E-state index is 0.285. The second kappa shape index (κ2) is 11.3. The quantitative estimate of drug-likeness (QED) is 0.281. The Hall–Kier alpha value is -2.44. The summed E-state index contributed by atoms with van der Waals surface area (Å²) < 4.78 is 5.61. The summed E-state index contributed by atoms with van der Waals surface area (Å²) in [6, 6.07) is 16.3. The van der Waals surface area contributed by atoms with E-state index < -0.39 is 0 Å². The van der Waals surface area contributed by atoms with Crippen LogP contribution in [0.4, 0.5) is 5.69 Å². The van der Waals surface area contributed by atoms with E-state index in [0.717, 1.165) is 24.1 Å². The third kappa shape index (κ3) is 7.00. The fourth-order valence-electron chi connectivity index (χ4n) is 2.70. The van der Waals surface area contributed by atoms with E-state index >= 15 is 0 Å². The molecule has 0 aliphatic carbocycles. The molecule has 2 aromatic rings. The lowest BCUT2D eigenvalue weighted by atomic mass is 10.0. The summed E-state index contributed by atoms with van der Waals surface area (Å²) in [5.41, 5.74) is 10.6. The van der Waals surface area contributed by atoms with E-state index in [2.05, 4.69) is 47.7 Å². The first kappa shape index (κ1) is 20.9. The average molecular weight is 385 g/mol. The number of hydrogen-bond acceptors (Lipinski definition) is 2. The van der Waals surface area contributed by atoms with Crippen LogP contribution in [0.2, 0.25) is 0 Å². The second-order valence-corrected chi connectivity index (χ2v) is 6.44. The molecule has 0 fully saturated rings. The van der Waals surface area contributed by atoms with Gasteiger partial charge < -0.3 is 21.1 Å². The molecule has 0 saturated heterocycles. The van der Waals surface area contributed by atoms with Crippen molar-refractivity contribution >= 4 is 29.0 Å². The Bertz CT molecular complexity index is 740. The SMILES string of the molecule is CCc1cccc(CC)c1NC(N)=NC(=S)NCCOCc1ccccc1. The molecule has 0 radical (unpaired) electrons. The van der Waals surface area contributed by atoms with Crippen molar-refractivity contribution in [3.63, 3.8) is 0 Å². The van der Waals surface area contributed by atoms with Gasteiger partial charge in [-0.05, 0) is 41.7 Å². The highest BCUT2D eigenvalue weighted by Crippen LogP contribution is 2.22. The zero-order chi connectivity index (χ0) is 19.5. The zero-order valence-electron chi connectivity index (χ0n) is 16.0. The number of para-hydroxylation sites is 1. The molecule has 2 aromatic carbocycles. The first-order valence-corrected chi connectivity index (χ1v) is 9.66. The van der Waals surface area contributed by atoms with Crippen LogP contribution >= 0.6 is 12.2 Å². The van der Waals surface area contributed by atoms with Gasteiger partial charge in [0.2, 0.25) is 5.96 Å². The number of anilines is 1. The molecule has 0 aliphatic rings. The Morgan fingerprint density at radius 2 is 1.70 bits per heavy atom. The van der Waals surface area contributed by atoms with Gasteiger partial charge >= 0.3 is 0 Å². The van der Waals surface area contributed by atoms with Crippen molar-refractivity contribution < 1.29 is 4.74 Å². The van der Waals surface area contributed by atoms with Crippen LogP contribution in [0.3, 0.4) is 0 Å². The smallest absolute Gasteiger partial charge is 0.200 e. The van der Waals surface area contributed by atoms with E-state index in [1.54, 1.807) is 0 Å². The Morgan fingerprint density at radius 3 is 2.33 bits per heavy atom. The van der Waals surface area contributed by atoms with Crippen molar-refractivity contribution in [3.8, 4) is 0 Å². The van der Waals surface area contributed by atoms with Gasteiger partial charge in [0, 0.05) is 12.2 Å². The van der Waals surface area contributed by atoms with E-state index in [1.165, 1.54) is 11.1 Å². The number of nitrogens with one attached hydrogen (secondary N) is 2. The molecule has 0 spiro atoms. The first-order valence-electron chi connectivity index (χ1n) is 9.25. The van der Waals surface area contributed by atoms with Gasteiger partial charge in [0.25, 0.3) is 0 Å². The van der Waals surface area contributed by atoms with Gasteiger partial charge in [-0.1, -0.05) is 62.4 Å². The predicted molar refractivity (Wildman–Crippen MR) is 117 cm³/mol. The number of nitrogens with two attached hydrogens (primary N) is 1. The minimum atomic E-state index is 0.285. The number of hydrogen-bond donors (Lipinski definition) is 3. The number of benzene rings is 2. The largest absolute Gasteiger partial charge is 0.375 e. The summed E-state index contributed by atoms with van der Waals surface area (Å²) in [4.78, 5) is 4.23. The molecule has 0 aliphatic heterocycles. The van der Waals surface area contributed by atoms with Gasteiger partial charge in [-0.25, -0.2) is 0 Å². The number of nitrogens with zero attached hydrogens (tertiary/aromatic N) is 1. The van der Waals surface area contributed by atoms with Gasteiger partial charge in [0.05, 0.1) is 13.2 Å². The molecule has 0 aromatic heterocycles. The summed E-state index contributed by atoms with van der Waals surface area (Å²) >= 11 is 5.24. The predicted octanol–water partition coefficient (Wildman–Crippen LogP) is 3.63. The Kier molecular flexibility index (Phi) is 8.74. The lowest BCUT2D eigenvalue weighted by Gasteiger charge is -2.15. The van der Waals surface area contributed by atoms with Crippen molar-refractivity contribution in [1.82, 2.24) is 5.32 Å². The summed E-state index contributed by atoms with van der Waals surface area (Å²) in [6.07, 6.45) is 1.84. The molecule has 0 unspecified atom stereocenters. The van der Waals surface area contributed by atoms with E-state index in [4.69, 9.17) is 22.7 Å². The van der Waals surface area contributed by atoms with Gasteiger partial charge in [0.15, 0.2) is 5.11 Å². The van der Waals surface area contributed by atoms with E-state index in [9.17, 15) is 0 Å². The number of aliphatic imine (C=N–C) groups is 1. The normalized spacial score (nSPS) is 11.3. The highest BCUT2D eigenvalue weighted by molar-refractivity contribution is 7.80. The summed E-state index contributed by atoms with van der Waals surface area (Å²) in [5.74, 6) is 0.285. The monoisotopic (exact) mass is 384 g/mol. The van der Waals surface area contributed by atoms with E-state index in [1.807, 2.05) is 30.3 Å². The molecule has 144 valence electrons. The van der Waals surface area contributed by atoms with Crippen molar-refractivity contribution in [2.24, 2.45) is 10.7 Å². The maximum absolute atomic E-state index is 6.04. The Morgan fingerprint density at radius 1 is 1.04 bits per heavy atom. The number of aryl methyl sites for hydroxylation is 2. The molecular formula is C21H28N4OS. The molecule has 5 nitrogen and oxygen atoms in total. The highest BCUT2D eigenvalue weighted by atomic mass is 32.1. The molecule has 2 rings (SSSR count). The first-order chi connectivity index (χ1) is 13.1. The van der Waals surface area contributed by atoms with Crippen LogP contribution in [0.5, 0.6) is 0 Å². The summed E-state index contributed by atoms with van der Waals surface area (Å²) in [7, 11) is 0. The van der Waals surface area contributed by atoms with Crippen molar-refractivity contribution in [2.45, 2.75) is 33.3 Å².